The predicted molar refractivity (Wildman–Crippen MR) is 83.2 cm³/mol. The summed E-state index contributed by atoms with van der Waals surface area (Å²) in [7, 11) is 0. The van der Waals surface area contributed by atoms with Crippen LogP contribution in [-0.4, -0.2) is 11.1 Å². The van der Waals surface area contributed by atoms with Crippen LogP contribution in [0.4, 0.5) is 5.69 Å². The monoisotopic (exact) mass is 267 g/mol. The van der Waals surface area contributed by atoms with Crippen LogP contribution in [0.25, 0.3) is 0 Å². The summed E-state index contributed by atoms with van der Waals surface area (Å²) in [5.41, 5.74) is 7.11. The number of para-hydroxylation sites is 1. The summed E-state index contributed by atoms with van der Waals surface area (Å²) in [6, 6.07) is 12.6. The summed E-state index contributed by atoms with van der Waals surface area (Å²) in [6.45, 7) is 6.27. The summed E-state index contributed by atoms with van der Waals surface area (Å²) < 4.78 is 0. The number of nitrogens with one attached hydrogen (secondary N) is 1. The second-order valence-corrected chi connectivity index (χ2v) is 5.87. The van der Waals surface area contributed by atoms with Crippen LogP contribution >= 0.6 is 0 Å². The minimum atomic E-state index is -0.469. The van der Waals surface area contributed by atoms with E-state index >= 15 is 0 Å². The Morgan fingerprint density at radius 3 is 2.40 bits per heavy atom. The molecule has 0 radical (unpaired) electrons. The number of hydrogen-bond donors (Lipinski definition) is 2. The average molecular weight is 267 g/mol. The first kappa shape index (κ1) is 13.2. The molecule has 1 aliphatic heterocycles. The molecule has 0 spiro atoms. The Hall–Kier alpha value is -1.80. The number of fused-ring (bicyclic) bond motifs is 1. The van der Waals surface area contributed by atoms with Gasteiger partial charge in [-0.3, -0.25) is 0 Å². The molecule has 2 aromatic rings. The van der Waals surface area contributed by atoms with Crippen LogP contribution in [0.2, 0.25) is 0 Å². The van der Waals surface area contributed by atoms with Crippen LogP contribution in [0, 0.1) is 20.8 Å². The van der Waals surface area contributed by atoms with Crippen molar-refractivity contribution >= 4 is 5.69 Å². The molecule has 0 aliphatic carbocycles. The first-order valence-corrected chi connectivity index (χ1v) is 7.16. The number of aliphatic hydroxyl groups is 1. The van der Waals surface area contributed by atoms with Gasteiger partial charge in [0.25, 0.3) is 0 Å². The first-order valence-electron chi connectivity index (χ1n) is 7.16. The Morgan fingerprint density at radius 2 is 1.75 bits per heavy atom. The molecule has 0 amide bonds. The number of aryl methyl sites for hydroxylation is 3. The van der Waals surface area contributed by atoms with E-state index in [0.717, 1.165) is 17.7 Å². The topological polar surface area (TPSA) is 32.3 Å². The lowest BCUT2D eigenvalue weighted by Gasteiger charge is -2.23. The van der Waals surface area contributed by atoms with Crippen molar-refractivity contribution in [3.63, 3.8) is 0 Å². The van der Waals surface area contributed by atoms with Gasteiger partial charge in [-0.25, -0.2) is 0 Å². The summed E-state index contributed by atoms with van der Waals surface area (Å²) >= 11 is 0. The van der Waals surface area contributed by atoms with Gasteiger partial charge in [-0.2, -0.15) is 0 Å². The second-order valence-electron chi connectivity index (χ2n) is 5.87. The van der Waals surface area contributed by atoms with Crippen molar-refractivity contribution in [1.82, 2.24) is 0 Å². The molecule has 2 N–H and O–H groups in total. The van der Waals surface area contributed by atoms with Gasteiger partial charge >= 0.3 is 0 Å². The van der Waals surface area contributed by atoms with E-state index in [0.29, 0.717) is 0 Å². The van der Waals surface area contributed by atoms with Crippen LogP contribution in [0.5, 0.6) is 0 Å². The fourth-order valence-corrected chi connectivity index (χ4v) is 3.38. The van der Waals surface area contributed by atoms with Gasteiger partial charge < -0.3 is 10.4 Å². The molecule has 2 nitrogen and oxygen atoms in total. The lowest BCUT2D eigenvalue weighted by Crippen LogP contribution is -2.26. The van der Waals surface area contributed by atoms with E-state index in [9.17, 15) is 5.11 Å². The molecular formula is C18H21NO. The minimum absolute atomic E-state index is 0.0625. The zero-order valence-electron chi connectivity index (χ0n) is 12.3. The molecule has 0 aromatic heterocycles. The van der Waals surface area contributed by atoms with Gasteiger partial charge in [0.15, 0.2) is 0 Å². The highest BCUT2D eigenvalue weighted by atomic mass is 16.3. The van der Waals surface area contributed by atoms with Crippen molar-refractivity contribution in [2.45, 2.75) is 39.3 Å². The van der Waals surface area contributed by atoms with Gasteiger partial charge in [0.05, 0.1) is 12.1 Å². The zero-order valence-corrected chi connectivity index (χ0v) is 12.3. The normalized spacial score (nSPS) is 18.5. The molecule has 0 saturated heterocycles. The maximum atomic E-state index is 10.8. The molecule has 0 bridgehead atoms. The van der Waals surface area contributed by atoms with E-state index in [1.807, 2.05) is 6.07 Å². The van der Waals surface area contributed by atoms with Crippen LogP contribution in [-0.2, 0) is 6.42 Å². The molecule has 2 atom stereocenters. The molecule has 1 heterocycles. The van der Waals surface area contributed by atoms with Gasteiger partial charge in [-0.1, -0.05) is 35.9 Å². The Kier molecular flexibility index (Phi) is 3.27. The lowest BCUT2D eigenvalue weighted by molar-refractivity contribution is 0.155. The Bertz CT molecular complexity index is 600. The van der Waals surface area contributed by atoms with Crippen molar-refractivity contribution in [1.29, 1.82) is 0 Å². The third kappa shape index (κ3) is 2.20. The van der Waals surface area contributed by atoms with Gasteiger partial charge in [0.1, 0.15) is 0 Å². The van der Waals surface area contributed by atoms with Crippen LogP contribution in [0.3, 0.4) is 0 Å². The summed E-state index contributed by atoms with van der Waals surface area (Å²) in [5, 5.41) is 14.2. The van der Waals surface area contributed by atoms with Gasteiger partial charge in [0.2, 0.25) is 0 Å². The van der Waals surface area contributed by atoms with Crippen molar-refractivity contribution in [3.05, 3.63) is 64.2 Å². The van der Waals surface area contributed by atoms with E-state index in [-0.39, 0.29) is 6.04 Å². The number of anilines is 1. The standard InChI is InChI=1S/C18H21NO/c1-11-8-12(2)17(13(3)9-11)18(20)16-10-14-6-4-5-7-15(14)19-16/h4-9,16,18-20H,10H2,1-3H3. The van der Waals surface area contributed by atoms with Crippen molar-refractivity contribution in [2.24, 2.45) is 0 Å². The number of aliphatic hydroxyl groups excluding tert-OH is 1. The fourth-order valence-electron chi connectivity index (χ4n) is 3.38. The van der Waals surface area contributed by atoms with Crippen LogP contribution in [0.1, 0.15) is 33.9 Å². The number of rotatable bonds is 2. The highest BCUT2D eigenvalue weighted by molar-refractivity contribution is 5.57. The van der Waals surface area contributed by atoms with Gasteiger partial charge in [0, 0.05) is 5.69 Å². The summed E-state index contributed by atoms with van der Waals surface area (Å²) in [4.78, 5) is 0. The molecular weight excluding hydrogens is 246 g/mol. The third-order valence-electron chi connectivity index (χ3n) is 4.21. The maximum absolute atomic E-state index is 10.8. The lowest BCUT2D eigenvalue weighted by atomic mass is 9.91. The molecule has 0 saturated carbocycles. The third-order valence-corrected chi connectivity index (χ3v) is 4.21. The molecule has 0 fully saturated rings. The largest absolute Gasteiger partial charge is 0.386 e. The Morgan fingerprint density at radius 1 is 1.10 bits per heavy atom. The zero-order chi connectivity index (χ0) is 14.3. The average Bonchev–Trinajstić information content (AvgIpc) is 2.81. The van der Waals surface area contributed by atoms with Crippen molar-refractivity contribution < 1.29 is 5.11 Å². The smallest absolute Gasteiger partial charge is 0.0999 e. The predicted octanol–water partition coefficient (Wildman–Crippen LogP) is 3.68. The first-order chi connectivity index (χ1) is 9.56. The highest BCUT2D eigenvalue weighted by Crippen LogP contribution is 2.34. The van der Waals surface area contributed by atoms with E-state index in [2.05, 4.69) is 56.4 Å². The molecule has 104 valence electrons. The van der Waals surface area contributed by atoms with E-state index in [4.69, 9.17) is 0 Å². The Labute approximate surface area is 120 Å². The molecule has 2 aromatic carbocycles. The van der Waals surface area contributed by atoms with E-state index in [1.165, 1.54) is 22.3 Å². The fraction of sp³-hybridized carbons (Fsp3) is 0.333. The highest BCUT2D eigenvalue weighted by Gasteiger charge is 2.29. The van der Waals surface area contributed by atoms with Gasteiger partial charge in [-0.05, 0) is 55.5 Å². The molecule has 3 rings (SSSR count). The van der Waals surface area contributed by atoms with Crippen molar-refractivity contribution in [2.75, 3.05) is 5.32 Å². The van der Waals surface area contributed by atoms with E-state index in [1.54, 1.807) is 0 Å². The summed E-state index contributed by atoms with van der Waals surface area (Å²) in [6.07, 6.45) is 0.410. The maximum Gasteiger partial charge on any atom is 0.0999 e. The number of benzene rings is 2. The number of hydrogen-bond acceptors (Lipinski definition) is 2. The molecule has 20 heavy (non-hydrogen) atoms. The van der Waals surface area contributed by atoms with Crippen LogP contribution < -0.4 is 5.32 Å². The SMILES string of the molecule is Cc1cc(C)c(C(O)C2Cc3ccccc3N2)c(C)c1. The van der Waals surface area contributed by atoms with Crippen molar-refractivity contribution in [3.8, 4) is 0 Å². The van der Waals surface area contributed by atoms with Crippen LogP contribution in [0.15, 0.2) is 36.4 Å². The van der Waals surface area contributed by atoms with E-state index < -0.39 is 6.10 Å². The molecule has 2 heteroatoms. The molecule has 1 aliphatic rings. The molecule has 2 unspecified atom stereocenters. The quantitative estimate of drug-likeness (QED) is 0.870. The second kappa shape index (κ2) is 4.95. The summed E-state index contributed by atoms with van der Waals surface area (Å²) in [5.74, 6) is 0. The minimum Gasteiger partial charge on any atom is -0.386 e. The Balaban J connectivity index is 1.90. The van der Waals surface area contributed by atoms with Gasteiger partial charge in [-0.15, -0.1) is 0 Å².